The number of nitrogens with zero attached hydrogens (tertiary/aromatic N) is 1. The number of rotatable bonds is 6. The molecule has 1 aliphatic carbocycles. The van der Waals surface area contributed by atoms with E-state index in [0.717, 1.165) is 31.7 Å². The van der Waals surface area contributed by atoms with E-state index >= 15 is 0 Å². The van der Waals surface area contributed by atoms with E-state index in [1.54, 1.807) is 0 Å². The fourth-order valence-electron chi connectivity index (χ4n) is 5.35. The van der Waals surface area contributed by atoms with E-state index in [-0.39, 0.29) is 19.4 Å². The minimum atomic E-state index is 0. The molecule has 3 nitrogen and oxygen atoms in total. The molecule has 0 bridgehead atoms. The van der Waals surface area contributed by atoms with E-state index in [1.165, 1.54) is 48.2 Å². The maximum absolute atomic E-state index is 10.0. The minimum absolute atomic E-state index is 0. The average Bonchev–Trinajstić information content (AvgIpc) is 3.33. The molecule has 1 fully saturated rings. The number of aryl methyl sites for hydroxylation is 1. The average molecular weight is 448 g/mol. The second-order valence-corrected chi connectivity index (χ2v) is 8.88. The molecular formula is C28H33NO2S. The van der Waals surface area contributed by atoms with Gasteiger partial charge in [0.2, 0.25) is 0 Å². The molecule has 1 heterocycles. The second kappa shape index (κ2) is 10.5. The SMILES string of the molecule is Oc1ccc2c(c1)CCC(c1ccccc1)C2c1ccc(OCCN2CCCC2)cc1.S. The lowest BCUT2D eigenvalue weighted by atomic mass is 9.69. The Labute approximate surface area is 198 Å². The van der Waals surface area contributed by atoms with Gasteiger partial charge in [-0.25, -0.2) is 0 Å². The number of hydrogen-bond donors (Lipinski definition) is 1. The van der Waals surface area contributed by atoms with Crippen LogP contribution in [0, 0.1) is 0 Å². The van der Waals surface area contributed by atoms with E-state index in [9.17, 15) is 5.11 Å². The summed E-state index contributed by atoms with van der Waals surface area (Å²) in [6.45, 7) is 4.18. The molecule has 0 aromatic heterocycles. The van der Waals surface area contributed by atoms with E-state index < -0.39 is 0 Å². The van der Waals surface area contributed by atoms with Crippen LogP contribution in [0.5, 0.6) is 11.5 Å². The zero-order valence-corrected chi connectivity index (χ0v) is 19.5. The highest BCUT2D eigenvalue weighted by Crippen LogP contribution is 2.47. The molecule has 2 atom stereocenters. The molecule has 2 aliphatic rings. The van der Waals surface area contributed by atoms with Crippen molar-refractivity contribution in [2.24, 2.45) is 0 Å². The van der Waals surface area contributed by atoms with Gasteiger partial charge in [0.1, 0.15) is 18.1 Å². The normalized spacial score (nSPS) is 20.4. The van der Waals surface area contributed by atoms with Crippen LogP contribution in [-0.4, -0.2) is 36.2 Å². The van der Waals surface area contributed by atoms with Crippen LogP contribution in [0.25, 0.3) is 0 Å². The summed E-state index contributed by atoms with van der Waals surface area (Å²) < 4.78 is 6.03. The van der Waals surface area contributed by atoms with Gasteiger partial charge in [0.15, 0.2) is 0 Å². The smallest absolute Gasteiger partial charge is 0.119 e. The Hall–Kier alpha value is -2.43. The summed E-state index contributed by atoms with van der Waals surface area (Å²) in [7, 11) is 0. The summed E-state index contributed by atoms with van der Waals surface area (Å²) >= 11 is 0. The fraction of sp³-hybridized carbons (Fsp3) is 0.357. The van der Waals surface area contributed by atoms with E-state index in [1.807, 2.05) is 12.1 Å². The van der Waals surface area contributed by atoms with Gasteiger partial charge in [0.05, 0.1) is 0 Å². The Morgan fingerprint density at radius 1 is 0.875 bits per heavy atom. The van der Waals surface area contributed by atoms with Gasteiger partial charge < -0.3 is 9.84 Å². The fourth-order valence-corrected chi connectivity index (χ4v) is 5.35. The molecule has 4 heteroatoms. The third-order valence-corrected chi connectivity index (χ3v) is 6.93. The number of phenolic OH excluding ortho intramolecular Hbond substituents is 1. The molecule has 32 heavy (non-hydrogen) atoms. The molecule has 0 spiro atoms. The number of ether oxygens (including phenoxy) is 1. The third kappa shape index (κ3) is 4.97. The van der Waals surface area contributed by atoms with E-state index in [4.69, 9.17) is 4.74 Å². The zero-order chi connectivity index (χ0) is 21.0. The van der Waals surface area contributed by atoms with Gasteiger partial charge in [-0.15, -0.1) is 0 Å². The molecule has 0 saturated carbocycles. The summed E-state index contributed by atoms with van der Waals surface area (Å²) in [5, 5.41) is 10.0. The van der Waals surface area contributed by atoms with Crippen molar-refractivity contribution in [3.8, 4) is 11.5 Å². The van der Waals surface area contributed by atoms with Gasteiger partial charge in [-0.3, -0.25) is 4.90 Å². The van der Waals surface area contributed by atoms with Crippen LogP contribution in [0.1, 0.15) is 53.4 Å². The lowest BCUT2D eigenvalue weighted by Crippen LogP contribution is -2.25. The largest absolute Gasteiger partial charge is 0.508 e. The van der Waals surface area contributed by atoms with Gasteiger partial charge in [-0.2, -0.15) is 13.5 Å². The number of fused-ring (bicyclic) bond motifs is 1. The van der Waals surface area contributed by atoms with Crippen molar-refractivity contribution in [3.63, 3.8) is 0 Å². The molecular weight excluding hydrogens is 414 g/mol. The molecule has 1 saturated heterocycles. The van der Waals surface area contributed by atoms with Crippen molar-refractivity contribution < 1.29 is 9.84 Å². The number of aromatic hydroxyl groups is 1. The third-order valence-electron chi connectivity index (χ3n) is 6.93. The van der Waals surface area contributed by atoms with Crippen LogP contribution in [0.4, 0.5) is 0 Å². The van der Waals surface area contributed by atoms with E-state index in [2.05, 4.69) is 65.6 Å². The Bertz CT molecular complexity index is 1000. The van der Waals surface area contributed by atoms with Crippen molar-refractivity contribution in [2.45, 2.75) is 37.5 Å². The second-order valence-electron chi connectivity index (χ2n) is 8.88. The van der Waals surface area contributed by atoms with Crippen molar-refractivity contribution in [1.82, 2.24) is 4.90 Å². The van der Waals surface area contributed by atoms with Gasteiger partial charge in [0, 0.05) is 12.5 Å². The highest BCUT2D eigenvalue weighted by molar-refractivity contribution is 7.59. The maximum Gasteiger partial charge on any atom is 0.119 e. The van der Waals surface area contributed by atoms with Crippen LogP contribution in [-0.2, 0) is 6.42 Å². The molecule has 0 radical (unpaired) electrons. The molecule has 3 aromatic carbocycles. The van der Waals surface area contributed by atoms with Gasteiger partial charge >= 0.3 is 0 Å². The summed E-state index contributed by atoms with van der Waals surface area (Å²) in [6, 6.07) is 25.4. The quantitative estimate of drug-likeness (QED) is 0.515. The summed E-state index contributed by atoms with van der Waals surface area (Å²) in [5.74, 6) is 2.02. The van der Waals surface area contributed by atoms with Crippen LogP contribution < -0.4 is 4.74 Å². The van der Waals surface area contributed by atoms with Crippen molar-refractivity contribution in [1.29, 1.82) is 0 Å². The monoisotopic (exact) mass is 447 g/mol. The standard InChI is InChI=1S/C28H31NO2.H2S/c30-24-11-15-27-23(20-24)10-14-26(21-6-2-1-3-7-21)28(27)22-8-12-25(13-9-22)31-19-18-29-16-4-5-17-29;/h1-3,6-9,11-13,15,20,26,28,30H,4-5,10,14,16-19H2;1H2. The van der Waals surface area contributed by atoms with Crippen LogP contribution in [0.2, 0.25) is 0 Å². The zero-order valence-electron chi connectivity index (χ0n) is 18.5. The Kier molecular flexibility index (Phi) is 7.44. The molecule has 2 unspecified atom stereocenters. The van der Waals surface area contributed by atoms with Crippen molar-refractivity contribution in [3.05, 3.63) is 95.1 Å². The Morgan fingerprint density at radius 3 is 2.38 bits per heavy atom. The first-order valence-electron chi connectivity index (χ1n) is 11.6. The lowest BCUT2D eigenvalue weighted by Gasteiger charge is -2.35. The van der Waals surface area contributed by atoms with Crippen molar-refractivity contribution in [2.75, 3.05) is 26.2 Å². The maximum atomic E-state index is 10.0. The molecule has 1 N–H and O–H groups in total. The predicted octanol–water partition coefficient (Wildman–Crippen LogP) is 5.84. The summed E-state index contributed by atoms with van der Waals surface area (Å²) in [6.07, 6.45) is 4.71. The van der Waals surface area contributed by atoms with Crippen LogP contribution in [0.15, 0.2) is 72.8 Å². The van der Waals surface area contributed by atoms with Gasteiger partial charge in [-0.05, 0) is 91.2 Å². The number of benzene rings is 3. The molecule has 5 rings (SSSR count). The predicted molar refractivity (Wildman–Crippen MR) is 135 cm³/mol. The number of phenols is 1. The Balaban J connectivity index is 0.00000245. The molecule has 0 amide bonds. The van der Waals surface area contributed by atoms with Crippen molar-refractivity contribution >= 4 is 13.5 Å². The first-order chi connectivity index (χ1) is 15.3. The van der Waals surface area contributed by atoms with Gasteiger partial charge in [-0.1, -0.05) is 48.5 Å². The number of hydrogen-bond acceptors (Lipinski definition) is 3. The van der Waals surface area contributed by atoms with Crippen LogP contribution in [0.3, 0.4) is 0 Å². The van der Waals surface area contributed by atoms with Crippen LogP contribution >= 0.6 is 13.5 Å². The number of likely N-dealkylation sites (tertiary alicyclic amines) is 1. The highest BCUT2D eigenvalue weighted by Gasteiger charge is 2.32. The van der Waals surface area contributed by atoms with Gasteiger partial charge in [0.25, 0.3) is 0 Å². The van der Waals surface area contributed by atoms with E-state index in [0.29, 0.717) is 11.7 Å². The molecule has 168 valence electrons. The molecule has 3 aromatic rings. The topological polar surface area (TPSA) is 32.7 Å². The summed E-state index contributed by atoms with van der Waals surface area (Å²) in [5.41, 5.74) is 5.30. The first kappa shape index (κ1) is 22.8. The summed E-state index contributed by atoms with van der Waals surface area (Å²) in [4.78, 5) is 2.48. The highest BCUT2D eigenvalue weighted by atomic mass is 32.1. The first-order valence-corrected chi connectivity index (χ1v) is 11.6. The molecule has 1 aliphatic heterocycles. The minimum Gasteiger partial charge on any atom is -0.508 e. The Morgan fingerprint density at radius 2 is 1.62 bits per heavy atom. The lowest BCUT2D eigenvalue weighted by molar-refractivity contribution is 0.237.